The maximum Gasteiger partial charge on any atom is 0.0210 e. The molecule has 0 atom stereocenters. The lowest BCUT2D eigenvalue weighted by molar-refractivity contribution is 0.388. The summed E-state index contributed by atoms with van der Waals surface area (Å²) in [5, 5.41) is 0. The van der Waals surface area contributed by atoms with Crippen LogP contribution >= 0.6 is 0 Å². The van der Waals surface area contributed by atoms with Gasteiger partial charge in [0.2, 0.25) is 0 Å². The highest BCUT2D eigenvalue weighted by Crippen LogP contribution is 2.17. The fraction of sp³-hybridized carbons (Fsp3) is 0.875. The molecule has 0 saturated carbocycles. The lowest BCUT2D eigenvalue weighted by Gasteiger charge is -2.14. The molecule has 0 radical (unpaired) electrons. The van der Waals surface area contributed by atoms with Gasteiger partial charge in [-0.1, -0.05) is 64.4 Å². The third kappa shape index (κ3) is 6.75. The second-order valence-electron chi connectivity index (χ2n) is 5.40. The van der Waals surface area contributed by atoms with Crippen LogP contribution in [0.2, 0.25) is 0 Å². The molecule has 0 aromatic carbocycles. The fourth-order valence-corrected chi connectivity index (χ4v) is 2.57. The van der Waals surface area contributed by atoms with E-state index in [1.54, 1.807) is 5.57 Å². The van der Waals surface area contributed by atoms with Crippen LogP contribution in [0, 0.1) is 0 Å². The van der Waals surface area contributed by atoms with Gasteiger partial charge in [-0.15, -0.1) is 0 Å². The van der Waals surface area contributed by atoms with Crippen LogP contribution in [0.4, 0.5) is 0 Å². The zero-order valence-corrected chi connectivity index (χ0v) is 12.0. The van der Waals surface area contributed by atoms with Crippen LogP contribution in [0.5, 0.6) is 0 Å². The van der Waals surface area contributed by atoms with Gasteiger partial charge in [0, 0.05) is 13.1 Å². The summed E-state index contributed by atoms with van der Waals surface area (Å²) < 4.78 is 0. The highest BCUT2D eigenvalue weighted by Gasteiger charge is 2.09. The summed E-state index contributed by atoms with van der Waals surface area (Å²) in [4.78, 5) is 2.52. The van der Waals surface area contributed by atoms with Crippen molar-refractivity contribution in [3.63, 3.8) is 0 Å². The molecule has 0 N–H and O–H groups in total. The minimum absolute atomic E-state index is 1.24. The molecule has 0 aromatic heterocycles. The molecule has 1 heteroatoms. The molecule has 0 aromatic rings. The first kappa shape index (κ1) is 14.6. The molecule has 0 spiro atoms. The lowest BCUT2D eigenvalue weighted by Crippen LogP contribution is -2.15. The summed E-state index contributed by atoms with van der Waals surface area (Å²) in [6.07, 6.45) is 16.4. The monoisotopic (exact) mass is 237 g/mol. The third-order valence-corrected chi connectivity index (χ3v) is 3.84. The smallest absolute Gasteiger partial charge is 0.0210 e. The number of rotatable bonds is 10. The Bertz CT molecular complexity index is 208. The molecule has 0 bridgehead atoms. The summed E-state index contributed by atoms with van der Waals surface area (Å²) >= 11 is 0. The number of unbranched alkanes of at least 4 members (excludes halogenated alkanes) is 7. The van der Waals surface area contributed by atoms with Gasteiger partial charge in [0.05, 0.1) is 0 Å². The van der Waals surface area contributed by atoms with Crippen LogP contribution in [0.15, 0.2) is 11.8 Å². The Kier molecular flexibility index (Phi) is 8.21. The van der Waals surface area contributed by atoms with Gasteiger partial charge < -0.3 is 4.90 Å². The van der Waals surface area contributed by atoms with E-state index >= 15 is 0 Å². The van der Waals surface area contributed by atoms with Crippen molar-refractivity contribution in [2.75, 3.05) is 13.1 Å². The molecule has 17 heavy (non-hydrogen) atoms. The average Bonchev–Trinajstić information content (AvgIpc) is 2.80. The van der Waals surface area contributed by atoms with Crippen LogP contribution in [0.1, 0.15) is 78.1 Å². The van der Waals surface area contributed by atoms with Crippen molar-refractivity contribution >= 4 is 0 Å². The maximum absolute atomic E-state index is 2.52. The third-order valence-electron chi connectivity index (χ3n) is 3.84. The van der Waals surface area contributed by atoms with Crippen molar-refractivity contribution in [3.05, 3.63) is 11.8 Å². The minimum Gasteiger partial charge on any atom is -0.377 e. The van der Waals surface area contributed by atoms with E-state index in [0.29, 0.717) is 0 Å². The number of hydrogen-bond acceptors (Lipinski definition) is 1. The zero-order valence-electron chi connectivity index (χ0n) is 12.0. The van der Waals surface area contributed by atoms with Gasteiger partial charge in [-0.2, -0.15) is 0 Å². The largest absolute Gasteiger partial charge is 0.377 e. The molecule has 0 unspecified atom stereocenters. The Labute approximate surface area is 108 Å². The van der Waals surface area contributed by atoms with Crippen LogP contribution in [-0.4, -0.2) is 18.0 Å². The summed E-state index contributed by atoms with van der Waals surface area (Å²) in [6.45, 7) is 7.12. The quantitative estimate of drug-likeness (QED) is 0.476. The van der Waals surface area contributed by atoms with Gasteiger partial charge >= 0.3 is 0 Å². The van der Waals surface area contributed by atoms with Crippen molar-refractivity contribution in [2.45, 2.75) is 78.1 Å². The predicted octanol–water partition coefficient (Wildman–Crippen LogP) is 5.13. The van der Waals surface area contributed by atoms with E-state index < -0.39 is 0 Å². The molecule has 0 amide bonds. The number of hydrogen-bond donors (Lipinski definition) is 0. The summed E-state index contributed by atoms with van der Waals surface area (Å²) in [5.74, 6) is 0. The van der Waals surface area contributed by atoms with E-state index in [-0.39, 0.29) is 0 Å². The van der Waals surface area contributed by atoms with E-state index in [4.69, 9.17) is 0 Å². The van der Waals surface area contributed by atoms with Gasteiger partial charge in [-0.25, -0.2) is 0 Å². The average molecular weight is 237 g/mol. The van der Waals surface area contributed by atoms with Crippen molar-refractivity contribution in [1.82, 2.24) is 4.90 Å². The molecule has 1 aliphatic rings. The zero-order chi connectivity index (χ0) is 12.3. The van der Waals surface area contributed by atoms with Crippen LogP contribution < -0.4 is 0 Å². The molecule has 0 aliphatic carbocycles. The molecule has 100 valence electrons. The molecule has 1 nitrogen and oxygen atoms in total. The van der Waals surface area contributed by atoms with Crippen molar-refractivity contribution in [2.24, 2.45) is 0 Å². The number of nitrogens with zero attached hydrogens (tertiary/aromatic N) is 1. The topological polar surface area (TPSA) is 3.24 Å². The van der Waals surface area contributed by atoms with Crippen molar-refractivity contribution in [1.29, 1.82) is 0 Å². The van der Waals surface area contributed by atoms with Gasteiger partial charge in [-0.05, 0) is 25.5 Å². The first-order valence-corrected chi connectivity index (χ1v) is 7.80. The van der Waals surface area contributed by atoms with E-state index in [0.717, 1.165) is 0 Å². The van der Waals surface area contributed by atoms with Crippen molar-refractivity contribution < 1.29 is 0 Å². The van der Waals surface area contributed by atoms with Crippen LogP contribution in [0.3, 0.4) is 0 Å². The van der Waals surface area contributed by atoms with Crippen LogP contribution in [0.25, 0.3) is 0 Å². The standard InChI is InChI=1S/C16H31N/c1-3-5-6-7-8-9-10-11-13-17-14-12-16(4-2)15-17/h15H,3-14H2,1-2H3. The fourth-order valence-electron chi connectivity index (χ4n) is 2.57. The van der Waals surface area contributed by atoms with E-state index in [1.165, 1.54) is 77.3 Å². The van der Waals surface area contributed by atoms with Crippen molar-refractivity contribution in [3.8, 4) is 0 Å². The second-order valence-corrected chi connectivity index (χ2v) is 5.40. The van der Waals surface area contributed by atoms with Crippen LogP contribution in [-0.2, 0) is 0 Å². The minimum atomic E-state index is 1.24. The Hall–Kier alpha value is -0.460. The van der Waals surface area contributed by atoms with Gasteiger partial charge in [0.1, 0.15) is 0 Å². The predicted molar refractivity (Wildman–Crippen MR) is 77.2 cm³/mol. The summed E-state index contributed by atoms with van der Waals surface area (Å²) in [7, 11) is 0. The molecular formula is C16H31N. The molecule has 1 rings (SSSR count). The Morgan fingerprint density at radius 1 is 0.941 bits per heavy atom. The summed E-state index contributed by atoms with van der Waals surface area (Å²) in [5.41, 5.74) is 1.64. The lowest BCUT2D eigenvalue weighted by atomic mass is 10.1. The second kappa shape index (κ2) is 9.56. The Balaban J connectivity index is 1.86. The molecular weight excluding hydrogens is 206 g/mol. The van der Waals surface area contributed by atoms with E-state index in [1.807, 2.05) is 0 Å². The molecule has 1 aliphatic heterocycles. The van der Waals surface area contributed by atoms with Gasteiger partial charge in [0.15, 0.2) is 0 Å². The first-order chi connectivity index (χ1) is 8.36. The Morgan fingerprint density at radius 3 is 2.18 bits per heavy atom. The van der Waals surface area contributed by atoms with Gasteiger partial charge in [-0.3, -0.25) is 0 Å². The molecule has 1 heterocycles. The first-order valence-electron chi connectivity index (χ1n) is 7.80. The maximum atomic E-state index is 2.52. The summed E-state index contributed by atoms with van der Waals surface area (Å²) in [6, 6.07) is 0. The van der Waals surface area contributed by atoms with E-state index in [2.05, 4.69) is 24.9 Å². The van der Waals surface area contributed by atoms with E-state index in [9.17, 15) is 0 Å². The van der Waals surface area contributed by atoms with Gasteiger partial charge in [0.25, 0.3) is 0 Å². The molecule has 0 fully saturated rings. The SMILES string of the molecule is CCCCCCCCCCN1C=C(CC)CC1. The highest BCUT2D eigenvalue weighted by molar-refractivity contribution is 5.06. The normalized spacial score (nSPS) is 15.4. The Morgan fingerprint density at radius 2 is 1.59 bits per heavy atom. The highest BCUT2D eigenvalue weighted by atomic mass is 15.1. The molecule has 0 saturated heterocycles.